The summed E-state index contributed by atoms with van der Waals surface area (Å²) in [5, 5.41) is 9.25. The molecule has 0 atom stereocenters. The van der Waals surface area contributed by atoms with Crippen molar-refractivity contribution >= 4 is 5.97 Å². The summed E-state index contributed by atoms with van der Waals surface area (Å²) >= 11 is 0. The van der Waals surface area contributed by atoms with Gasteiger partial charge in [-0.2, -0.15) is 0 Å². The Bertz CT molecular complexity index is 846. The number of hydrogen-bond donors (Lipinski definition) is 1. The van der Waals surface area contributed by atoms with Crippen LogP contribution in [0.25, 0.3) is 22.3 Å². The van der Waals surface area contributed by atoms with Crippen molar-refractivity contribution < 1.29 is 18.7 Å². The molecule has 0 aliphatic rings. The normalized spacial score (nSPS) is 10.6. The van der Waals surface area contributed by atoms with E-state index in [0.717, 1.165) is 0 Å². The summed E-state index contributed by atoms with van der Waals surface area (Å²) in [4.78, 5) is 15.4. The molecule has 1 heterocycles. The first kappa shape index (κ1) is 15.8. The van der Waals surface area contributed by atoms with Gasteiger partial charge >= 0.3 is 5.97 Å². The average Bonchev–Trinajstić information content (AvgIpc) is 2.54. The molecule has 0 saturated heterocycles. The molecule has 0 fully saturated rings. The number of carboxylic acids is 1. The van der Waals surface area contributed by atoms with E-state index >= 15 is 0 Å². The highest BCUT2D eigenvalue weighted by Crippen LogP contribution is 2.32. The summed E-state index contributed by atoms with van der Waals surface area (Å²) < 4.78 is 27.1. The maximum Gasteiger partial charge on any atom is 0.307 e. The van der Waals surface area contributed by atoms with E-state index in [4.69, 9.17) is 0 Å². The molecule has 3 rings (SSSR count). The van der Waals surface area contributed by atoms with Crippen LogP contribution in [-0.4, -0.2) is 16.1 Å². The molecule has 5 heteroatoms. The van der Waals surface area contributed by atoms with E-state index in [-0.39, 0.29) is 6.42 Å². The number of aromatic nitrogens is 1. The third-order valence-corrected chi connectivity index (χ3v) is 3.66. The summed E-state index contributed by atoms with van der Waals surface area (Å²) in [6.45, 7) is 0. The lowest BCUT2D eigenvalue weighted by Gasteiger charge is -2.13. The van der Waals surface area contributed by atoms with Gasteiger partial charge in [-0.05, 0) is 41.0 Å². The van der Waals surface area contributed by atoms with Gasteiger partial charge in [-0.25, -0.2) is 8.78 Å². The maximum absolute atomic E-state index is 13.5. The van der Waals surface area contributed by atoms with Crippen LogP contribution in [0.5, 0.6) is 0 Å². The fourth-order valence-electron chi connectivity index (χ4n) is 2.64. The number of carboxylic acid groups (broad SMARTS) is 1. The van der Waals surface area contributed by atoms with E-state index in [9.17, 15) is 18.7 Å². The zero-order valence-electron chi connectivity index (χ0n) is 12.5. The molecule has 1 aromatic heterocycles. The largest absolute Gasteiger partial charge is 0.481 e. The second kappa shape index (κ2) is 6.58. The van der Waals surface area contributed by atoms with Gasteiger partial charge in [0, 0.05) is 23.5 Å². The Morgan fingerprint density at radius 1 is 0.917 bits per heavy atom. The van der Waals surface area contributed by atoms with Crippen molar-refractivity contribution in [3.8, 4) is 22.3 Å². The molecular weight excluding hydrogens is 312 g/mol. The minimum Gasteiger partial charge on any atom is -0.481 e. The molecule has 2 aromatic carbocycles. The Kier molecular flexibility index (Phi) is 4.33. The lowest BCUT2D eigenvalue weighted by atomic mass is 9.92. The number of rotatable bonds is 4. The summed E-state index contributed by atoms with van der Waals surface area (Å²) in [5.41, 5.74) is 2.54. The number of nitrogens with zero attached hydrogens (tertiary/aromatic N) is 1. The Labute approximate surface area is 137 Å². The molecule has 24 heavy (non-hydrogen) atoms. The number of carbonyl (C=O) groups is 1. The molecule has 3 aromatic rings. The number of aliphatic carboxylic acids is 1. The van der Waals surface area contributed by atoms with Gasteiger partial charge in [-0.3, -0.25) is 9.78 Å². The third-order valence-electron chi connectivity index (χ3n) is 3.66. The monoisotopic (exact) mass is 325 g/mol. The fourth-order valence-corrected chi connectivity index (χ4v) is 2.64. The Morgan fingerprint density at radius 2 is 1.42 bits per heavy atom. The summed E-state index contributed by atoms with van der Waals surface area (Å²) in [7, 11) is 0. The van der Waals surface area contributed by atoms with E-state index in [1.807, 2.05) is 0 Å². The predicted molar refractivity (Wildman–Crippen MR) is 86.4 cm³/mol. The molecule has 0 spiro atoms. The summed E-state index contributed by atoms with van der Waals surface area (Å²) in [6, 6.07) is 11.7. The SMILES string of the molecule is O=C(O)Cc1c(-c2cccc(F)c2)cncc1-c1cccc(F)c1. The Balaban J connectivity index is 2.23. The van der Waals surface area contributed by atoms with E-state index < -0.39 is 17.6 Å². The summed E-state index contributed by atoms with van der Waals surface area (Å²) in [5.74, 6) is -1.88. The lowest BCUT2D eigenvalue weighted by molar-refractivity contribution is -0.136. The second-order valence-corrected chi connectivity index (χ2v) is 5.30. The van der Waals surface area contributed by atoms with Crippen LogP contribution in [0.1, 0.15) is 5.56 Å². The van der Waals surface area contributed by atoms with Crippen LogP contribution in [0.15, 0.2) is 60.9 Å². The van der Waals surface area contributed by atoms with Crippen molar-refractivity contribution in [2.24, 2.45) is 0 Å². The van der Waals surface area contributed by atoms with Gasteiger partial charge in [0.1, 0.15) is 11.6 Å². The molecule has 0 aliphatic heterocycles. The van der Waals surface area contributed by atoms with E-state index in [0.29, 0.717) is 27.8 Å². The van der Waals surface area contributed by atoms with Crippen molar-refractivity contribution in [1.29, 1.82) is 0 Å². The van der Waals surface area contributed by atoms with Crippen LogP contribution >= 0.6 is 0 Å². The van der Waals surface area contributed by atoms with Crippen molar-refractivity contribution in [2.75, 3.05) is 0 Å². The van der Waals surface area contributed by atoms with Crippen LogP contribution in [0.3, 0.4) is 0 Å². The lowest BCUT2D eigenvalue weighted by Crippen LogP contribution is -2.05. The van der Waals surface area contributed by atoms with Gasteiger partial charge < -0.3 is 5.11 Å². The van der Waals surface area contributed by atoms with Gasteiger partial charge in [0.15, 0.2) is 0 Å². The minimum absolute atomic E-state index is 0.278. The molecular formula is C19H13F2NO2. The maximum atomic E-state index is 13.5. The van der Waals surface area contributed by atoms with Gasteiger partial charge in [0.2, 0.25) is 0 Å². The molecule has 120 valence electrons. The highest BCUT2D eigenvalue weighted by atomic mass is 19.1. The first-order chi connectivity index (χ1) is 11.5. The zero-order chi connectivity index (χ0) is 17.1. The topological polar surface area (TPSA) is 50.2 Å². The average molecular weight is 325 g/mol. The van der Waals surface area contributed by atoms with Crippen LogP contribution in [0, 0.1) is 11.6 Å². The minimum atomic E-state index is -1.03. The summed E-state index contributed by atoms with van der Waals surface area (Å²) in [6.07, 6.45) is 2.71. The Hall–Kier alpha value is -3.08. The van der Waals surface area contributed by atoms with Crippen molar-refractivity contribution in [3.63, 3.8) is 0 Å². The van der Waals surface area contributed by atoms with Gasteiger partial charge in [-0.1, -0.05) is 24.3 Å². The predicted octanol–water partition coefficient (Wildman–Crippen LogP) is 4.32. The first-order valence-corrected chi connectivity index (χ1v) is 7.25. The molecule has 0 unspecified atom stereocenters. The van der Waals surface area contributed by atoms with E-state index in [1.165, 1.54) is 36.7 Å². The molecule has 0 saturated carbocycles. The second-order valence-electron chi connectivity index (χ2n) is 5.30. The van der Waals surface area contributed by atoms with Crippen molar-refractivity contribution in [2.45, 2.75) is 6.42 Å². The molecule has 3 nitrogen and oxygen atoms in total. The number of hydrogen-bond acceptors (Lipinski definition) is 2. The highest BCUT2D eigenvalue weighted by molar-refractivity contribution is 5.83. The number of benzene rings is 2. The zero-order valence-corrected chi connectivity index (χ0v) is 12.5. The van der Waals surface area contributed by atoms with Gasteiger partial charge in [-0.15, -0.1) is 0 Å². The molecule has 0 bridgehead atoms. The molecule has 0 aliphatic carbocycles. The van der Waals surface area contributed by atoms with Crippen LogP contribution < -0.4 is 0 Å². The van der Waals surface area contributed by atoms with Crippen LogP contribution in [0.2, 0.25) is 0 Å². The Morgan fingerprint density at radius 3 is 1.83 bits per heavy atom. The smallest absolute Gasteiger partial charge is 0.307 e. The molecule has 0 radical (unpaired) electrons. The first-order valence-electron chi connectivity index (χ1n) is 7.25. The quantitative estimate of drug-likeness (QED) is 0.777. The number of halogens is 2. The third kappa shape index (κ3) is 3.30. The number of pyridine rings is 1. The van der Waals surface area contributed by atoms with Crippen LogP contribution in [-0.2, 0) is 11.2 Å². The van der Waals surface area contributed by atoms with E-state index in [1.54, 1.807) is 24.3 Å². The van der Waals surface area contributed by atoms with Gasteiger partial charge in [0.25, 0.3) is 0 Å². The van der Waals surface area contributed by atoms with Crippen LogP contribution in [0.4, 0.5) is 8.78 Å². The van der Waals surface area contributed by atoms with Crippen molar-refractivity contribution in [1.82, 2.24) is 4.98 Å². The molecule has 1 N–H and O–H groups in total. The van der Waals surface area contributed by atoms with Crippen molar-refractivity contribution in [3.05, 3.63) is 78.1 Å². The molecule has 0 amide bonds. The van der Waals surface area contributed by atoms with Gasteiger partial charge in [0.05, 0.1) is 6.42 Å². The fraction of sp³-hybridized carbons (Fsp3) is 0.0526. The van der Waals surface area contributed by atoms with E-state index in [2.05, 4.69) is 4.98 Å². The highest BCUT2D eigenvalue weighted by Gasteiger charge is 2.16. The standard InChI is InChI=1S/C19H13F2NO2/c20-14-5-1-3-12(7-14)17-10-22-11-18(16(17)9-19(23)24)13-4-2-6-15(21)8-13/h1-8,10-11H,9H2,(H,23,24).